The number of rotatable bonds is 7. The van der Waals surface area contributed by atoms with E-state index in [2.05, 4.69) is 10.4 Å². The lowest BCUT2D eigenvalue weighted by atomic mass is 9.99. The van der Waals surface area contributed by atoms with Crippen molar-refractivity contribution in [1.29, 1.82) is 0 Å². The maximum Gasteiger partial charge on any atom is 0.437 e. The molecule has 8 nitrogen and oxygen atoms in total. The highest BCUT2D eigenvalue weighted by Gasteiger charge is 2.30. The van der Waals surface area contributed by atoms with E-state index in [0.29, 0.717) is 13.0 Å². The summed E-state index contributed by atoms with van der Waals surface area (Å²) in [6.07, 6.45) is -1.40. The van der Waals surface area contributed by atoms with Gasteiger partial charge in [0.15, 0.2) is 6.10 Å². The molecule has 0 aliphatic rings. The van der Waals surface area contributed by atoms with Gasteiger partial charge in [-0.3, -0.25) is 0 Å². The van der Waals surface area contributed by atoms with E-state index in [9.17, 15) is 14.7 Å². The number of hydrogen-bond donors (Lipinski definition) is 2. The molecule has 0 aromatic carbocycles. The van der Waals surface area contributed by atoms with Crippen molar-refractivity contribution in [1.82, 2.24) is 15.1 Å². The van der Waals surface area contributed by atoms with Crippen LogP contribution in [0.2, 0.25) is 0 Å². The van der Waals surface area contributed by atoms with Crippen molar-refractivity contribution in [2.75, 3.05) is 0 Å². The first kappa shape index (κ1) is 21.2. The van der Waals surface area contributed by atoms with E-state index in [-0.39, 0.29) is 17.7 Å². The lowest BCUT2D eigenvalue weighted by Gasteiger charge is -2.26. The van der Waals surface area contributed by atoms with Gasteiger partial charge in [0.05, 0.1) is 12.6 Å². The number of nitrogens with zero attached hydrogens (tertiary/aromatic N) is 2. The second-order valence-electron chi connectivity index (χ2n) is 8.11. The van der Waals surface area contributed by atoms with Crippen molar-refractivity contribution in [3.8, 4) is 0 Å². The van der Waals surface area contributed by atoms with Gasteiger partial charge in [0.25, 0.3) is 0 Å². The average molecular weight is 357 g/mol. The monoisotopic (exact) mass is 357 g/mol. The Bertz CT molecular complexity index is 613. The number of aromatic nitrogens is 2. The summed E-state index contributed by atoms with van der Waals surface area (Å²) in [4.78, 5) is 23.9. The van der Waals surface area contributed by atoms with Crippen molar-refractivity contribution in [3.05, 3.63) is 16.4 Å². The van der Waals surface area contributed by atoms with Gasteiger partial charge in [0.2, 0.25) is 5.89 Å². The molecule has 2 N–H and O–H groups in total. The van der Waals surface area contributed by atoms with Gasteiger partial charge < -0.3 is 19.6 Å². The lowest BCUT2D eigenvalue weighted by molar-refractivity contribution is 0.0362. The van der Waals surface area contributed by atoms with Gasteiger partial charge in [-0.2, -0.15) is 4.68 Å². The van der Waals surface area contributed by atoms with Crippen LogP contribution in [-0.2, 0) is 11.3 Å². The molecule has 0 fully saturated rings. The number of aliphatic hydroxyl groups excluding tert-OH is 1. The summed E-state index contributed by atoms with van der Waals surface area (Å²) >= 11 is 0. The third-order valence-corrected chi connectivity index (χ3v) is 3.22. The minimum absolute atomic E-state index is 0.104. The smallest absolute Gasteiger partial charge is 0.437 e. The van der Waals surface area contributed by atoms with Crippen molar-refractivity contribution < 1.29 is 19.1 Å². The largest absolute Gasteiger partial charge is 0.444 e. The number of alkyl carbamates (subject to hydrolysis) is 1. The zero-order valence-electron chi connectivity index (χ0n) is 16.2. The van der Waals surface area contributed by atoms with Crippen LogP contribution in [-0.4, -0.2) is 32.6 Å². The number of nitrogens with one attached hydrogen (secondary N) is 1. The third-order valence-electron chi connectivity index (χ3n) is 3.22. The predicted octanol–water partition coefficient (Wildman–Crippen LogP) is 2.47. The highest BCUT2D eigenvalue weighted by molar-refractivity contribution is 5.68. The predicted molar refractivity (Wildman–Crippen MR) is 93.2 cm³/mol. The molecule has 0 radical (unpaired) electrons. The average Bonchev–Trinajstić information content (AvgIpc) is 2.75. The molecule has 25 heavy (non-hydrogen) atoms. The van der Waals surface area contributed by atoms with Gasteiger partial charge in [0.1, 0.15) is 5.60 Å². The second-order valence-corrected chi connectivity index (χ2v) is 8.11. The first-order valence-corrected chi connectivity index (χ1v) is 8.64. The molecule has 0 aliphatic carbocycles. The minimum Gasteiger partial charge on any atom is -0.444 e. The van der Waals surface area contributed by atoms with Crippen LogP contribution in [0.15, 0.2) is 9.21 Å². The fraction of sp³-hybridized carbons (Fsp3) is 0.824. The number of carbonyl (C=O) groups excluding carboxylic acids is 1. The van der Waals surface area contributed by atoms with Crippen molar-refractivity contribution in [3.63, 3.8) is 0 Å². The maximum absolute atomic E-state index is 12.0. The first-order chi connectivity index (χ1) is 11.4. The molecule has 2 atom stereocenters. The van der Waals surface area contributed by atoms with Gasteiger partial charge in [-0.25, -0.2) is 9.59 Å². The van der Waals surface area contributed by atoms with E-state index in [1.807, 2.05) is 27.7 Å². The van der Waals surface area contributed by atoms with Crippen LogP contribution in [0.1, 0.15) is 66.9 Å². The summed E-state index contributed by atoms with van der Waals surface area (Å²) in [5, 5.41) is 17.3. The van der Waals surface area contributed by atoms with E-state index < -0.39 is 29.6 Å². The molecule has 1 amide bonds. The quantitative estimate of drug-likeness (QED) is 0.776. The Morgan fingerprint density at radius 2 is 1.88 bits per heavy atom. The van der Waals surface area contributed by atoms with Crippen LogP contribution in [0.3, 0.4) is 0 Å². The van der Waals surface area contributed by atoms with Crippen molar-refractivity contribution in [2.45, 2.75) is 79.2 Å². The molecule has 0 bridgehead atoms. The van der Waals surface area contributed by atoms with E-state index in [0.717, 1.165) is 0 Å². The maximum atomic E-state index is 12.0. The molecule has 0 aliphatic heterocycles. The van der Waals surface area contributed by atoms with E-state index in [4.69, 9.17) is 9.15 Å². The summed E-state index contributed by atoms with van der Waals surface area (Å²) in [5.41, 5.74) is -0.650. The number of amides is 1. The molecular weight excluding hydrogens is 326 g/mol. The fourth-order valence-electron chi connectivity index (χ4n) is 2.31. The normalized spacial score (nSPS) is 14.6. The van der Waals surface area contributed by atoms with E-state index >= 15 is 0 Å². The molecular formula is C17H31N3O5. The first-order valence-electron chi connectivity index (χ1n) is 8.64. The van der Waals surface area contributed by atoms with Gasteiger partial charge in [-0.1, -0.05) is 27.7 Å². The van der Waals surface area contributed by atoms with Crippen molar-refractivity contribution in [2.24, 2.45) is 11.8 Å². The summed E-state index contributed by atoms with van der Waals surface area (Å²) in [6, 6.07) is -0.680. The van der Waals surface area contributed by atoms with Gasteiger partial charge >= 0.3 is 11.8 Å². The molecule has 0 saturated carbocycles. The highest BCUT2D eigenvalue weighted by atomic mass is 16.6. The zero-order chi connectivity index (χ0) is 19.4. The Balaban J connectivity index is 2.94. The molecule has 8 heteroatoms. The van der Waals surface area contributed by atoms with Gasteiger partial charge in [-0.05, 0) is 39.0 Å². The standard InChI is InChI=1S/C17H31N3O5/c1-10(2)8-12(18-15(22)25-17(5,6)7)13(21)14-19-20(9-11(3)4)16(23)24-14/h10-13,21H,8-9H2,1-7H3,(H,18,22). The van der Waals surface area contributed by atoms with Crippen LogP contribution in [0, 0.1) is 11.8 Å². The lowest BCUT2D eigenvalue weighted by Crippen LogP contribution is -2.43. The Morgan fingerprint density at radius 3 is 2.36 bits per heavy atom. The summed E-state index contributed by atoms with van der Waals surface area (Å²) < 4.78 is 11.5. The zero-order valence-corrected chi connectivity index (χ0v) is 16.2. The number of carbonyl (C=O) groups is 1. The van der Waals surface area contributed by atoms with Crippen LogP contribution in [0.5, 0.6) is 0 Å². The molecule has 2 unspecified atom stereocenters. The molecule has 1 aromatic rings. The molecule has 0 spiro atoms. The Kier molecular flexibility index (Phi) is 7.22. The molecule has 1 heterocycles. The Hall–Kier alpha value is -1.83. The highest BCUT2D eigenvalue weighted by Crippen LogP contribution is 2.20. The fourth-order valence-corrected chi connectivity index (χ4v) is 2.31. The summed E-state index contributed by atoms with van der Waals surface area (Å²) in [7, 11) is 0. The minimum atomic E-state index is -1.24. The second kappa shape index (κ2) is 8.51. The number of ether oxygens (including phenoxy) is 1. The third kappa shape index (κ3) is 7.29. The van der Waals surface area contributed by atoms with E-state index in [1.165, 1.54) is 4.68 Å². The SMILES string of the molecule is CC(C)CC(NC(=O)OC(C)(C)C)C(O)c1nn(CC(C)C)c(=O)o1. The Labute approximate surface area is 148 Å². The van der Waals surface area contributed by atoms with Gasteiger partial charge in [-0.15, -0.1) is 5.10 Å². The van der Waals surface area contributed by atoms with E-state index in [1.54, 1.807) is 20.8 Å². The number of hydrogen-bond acceptors (Lipinski definition) is 6. The summed E-state index contributed by atoms with van der Waals surface area (Å²) in [5.74, 6) is -0.325. The molecule has 0 saturated heterocycles. The van der Waals surface area contributed by atoms with Crippen LogP contribution in [0.4, 0.5) is 4.79 Å². The van der Waals surface area contributed by atoms with Crippen LogP contribution in [0.25, 0.3) is 0 Å². The van der Waals surface area contributed by atoms with Crippen LogP contribution >= 0.6 is 0 Å². The number of aliphatic hydroxyl groups is 1. The Morgan fingerprint density at radius 1 is 1.28 bits per heavy atom. The van der Waals surface area contributed by atoms with Crippen molar-refractivity contribution >= 4 is 6.09 Å². The topological polar surface area (TPSA) is 107 Å². The molecule has 1 rings (SSSR count). The van der Waals surface area contributed by atoms with Crippen LogP contribution < -0.4 is 11.1 Å². The van der Waals surface area contributed by atoms with Gasteiger partial charge in [0, 0.05) is 0 Å². The summed E-state index contributed by atoms with van der Waals surface area (Å²) in [6.45, 7) is 13.5. The molecule has 1 aromatic heterocycles. The molecule has 144 valence electrons.